The van der Waals surface area contributed by atoms with E-state index in [-0.39, 0.29) is 12.0 Å². The lowest BCUT2D eigenvalue weighted by Crippen LogP contribution is -2.49. The van der Waals surface area contributed by atoms with Gasteiger partial charge in [-0.15, -0.1) is 0 Å². The Hall–Kier alpha value is -3.20. The standard InChI is InChI=1S/C25H33N7O2/c1-15-10-22(31-30-15)28-21-13-20-19(6-5-9-26-20)24(29-21)27-16-11-17-7-8-18(12-16)32(17)14-23(33)34-25(2,3)4/h5-6,9-10,13,16-18H,7-8,11-12,14H2,1-4H3,(H3,27,28,29,30,31)/t16?,17-,18+. The molecule has 0 spiro atoms. The molecule has 2 bridgehead atoms. The van der Waals surface area contributed by atoms with Crippen LogP contribution in [0.1, 0.15) is 52.1 Å². The van der Waals surface area contributed by atoms with Crippen molar-refractivity contribution in [3.63, 3.8) is 0 Å². The maximum atomic E-state index is 12.4. The molecule has 0 amide bonds. The number of rotatable bonds is 6. The van der Waals surface area contributed by atoms with Gasteiger partial charge >= 0.3 is 5.97 Å². The lowest BCUT2D eigenvalue weighted by Gasteiger charge is -2.39. The lowest BCUT2D eigenvalue weighted by molar-refractivity contribution is -0.157. The van der Waals surface area contributed by atoms with Gasteiger partial charge in [0, 0.05) is 47.5 Å². The van der Waals surface area contributed by atoms with Crippen LogP contribution in [-0.4, -0.2) is 61.3 Å². The molecular formula is C25H33N7O2. The van der Waals surface area contributed by atoms with Gasteiger partial charge in [0.1, 0.15) is 17.2 Å². The first-order valence-electron chi connectivity index (χ1n) is 12.0. The zero-order valence-corrected chi connectivity index (χ0v) is 20.3. The Morgan fingerprint density at radius 2 is 1.97 bits per heavy atom. The molecule has 2 fully saturated rings. The van der Waals surface area contributed by atoms with Gasteiger partial charge in [0.15, 0.2) is 5.82 Å². The van der Waals surface area contributed by atoms with Gasteiger partial charge in [-0.25, -0.2) is 4.98 Å². The SMILES string of the molecule is Cc1cc(Nc2cc3ncccc3c(NC3C[C@H]4CC[C@@H](C3)N4CC(=O)OC(C)(C)C)n2)n[nH]1. The average molecular weight is 464 g/mol. The van der Waals surface area contributed by atoms with E-state index in [1.807, 2.05) is 52.0 Å². The number of ether oxygens (including phenoxy) is 1. The predicted molar refractivity (Wildman–Crippen MR) is 132 cm³/mol. The lowest BCUT2D eigenvalue weighted by atomic mass is 9.97. The quantitative estimate of drug-likeness (QED) is 0.468. The largest absolute Gasteiger partial charge is 0.459 e. The third-order valence-electron chi connectivity index (χ3n) is 6.52. The summed E-state index contributed by atoms with van der Waals surface area (Å²) in [6.07, 6.45) is 5.96. The summed E-state index contributed by atoms with van der Waals surface area (Å²) in [6.45, 7) is 8.07. The molecule has 3 aromatic rings. The molecule has 5 rings (SSSR count). The zero-order chi connectivity index (χ0) is 23.9. The van der Waals surface area contributed by atoms with E-state index in [9.17, 15) is 4.79 Å². The normalized spacial score (nSPS) is 22.6. The number of hydrogen-bond acceptors (Lipinski definition) is 8. The molecule has 3 N–H and O–H groups in total. The second-order valence-corrected chi connectivity index (χ2v) is 10.4. The Balaban J connectivity index is 1.31. The number of carbonyl (C=O) groups excluding carboxylic acids is 1. The van der Waals surface area contributed by atoms with Crippen LogP contribution in [0.25, 0.3) is 10.9 Å². The van der Waals surface area contributed by atoms with Crippen molar-refractivity contribution in [3.8, 4) is 0 Å². The van der Waals surface area contributed by atoms with Crippen LogP contribution in [0, 0.1) is 6.92 Å². The molecule has 2 aliphatic heterocycles. The summed E-state index contributed by atoms with van der Waals surface area (Å²) in [5.41, 5.74) is 1.40. The Morgan fingerprint density at radius 3 is 2.65 bits per heavy atom. The molecule has 5 heterocycles. The minimum Gasteiger partial charge on any atom is -0.459 e. The highest BCUT2D eigenvalue weighted by molar-refractivity contribution is 5.91. The molecule has 9 nitrogen and oxygen atoms in total. The third kappa shape index (κ3) is 4.99. The van der Waals surface area contributed by atoms with Gasteiger partial charge < -0.3 is 15.4 Å². The number of carbonyl (C=O) groups is 1. The molecule has 0 aliphatic carbocycles. The number of fused-ring (bicyclic) bond motifs is 3. The fourth-order valence-electron chi connectivity index (χ4n) is 5.23. The molecule has 180 valence electrons. The zero-order valence-electron chi connectivity index (χ0n) is 20.3. The Morgan fingerprint density at radius 1 is 1.21 bits per heavy atom. The molecule has 2 saturated heterocycles. The van der Waals surface area contributed by atoms with Crippen molar-refractivity contribution in [1.82, 2.24) is 25.1 Å². The van der Waals surface area contributed by atoms with Crippen LogP contribution < -0.4 is 10.6 Å². The summed E-state index contributed by atoms with van der Waals surface area (Å²) >= 11 is 0. The maximum absolute atomic E-state index is 12.4. The van der Waals surface area contributed by atoms with E-state index in [0.29, 0.717) is 24.4 Å². The monoisotopic (exact) mass is 463 g/mol. The number of anilines is 3. The smallest absolute Gasteiger partial charge is 0.320 e. The van der Waals surface area contributed by atoms with Crippen molar-refractivity contribution in [3.05, 3.63) is 36.2 Å². The number of piperidine rings is 1. The molecule has 0 aromatic carbocycles. The van der Waals surface area contributed by atoms with Crippen LogP contribution in [0.3, 0.4) is 0 Å². The highest BCUT2D eigenvalue weighted by Crippen LogP contribution is 2.37. The summed E-state index contributed by atoms with van der Waals surface area (Å²) in [5.74, 6) is 2.11. The van der Waals surface area contributed by atoms with Gasteiger partial charge in [-0.2, -0.15) is 5.10 Å². The number of aryl methyl sites for hydroxylation is 1. The van der Waals surface area contributed by atoms with Crippen LogP contribution in [0.15, 0.2) is 30.5 Å². The number of hydrogen-bond donors (Lipinski definition) is 3. The van der Waals surface area contributed by atoms with Gasteiger partial charge in [0.25, 0.3) is 0 Å². The minimum atomic E-state index is -0.454. The van der Waals surface area contributed by atoms with E-state index < -0.39 is 5.60 Å². The van der Waals surface area contributed by atoms with Crippen LogP contribution >= 0.6 is 0 Å². The van der Waals surface area contributed by atoms with Crippen LogP contribution in [0.2, 0.25) is 0 Å². The Kier molecular flexibility index (Phi) is 5.89. The second-order valence-electron chi connectivity index (χ2n) is 10.4. The Labute approximate surface area is 199 Å². The highest BCUT2D eigenvalue weighted by atomic mass is 16.6. The molecule has 0 saturated carbocycles. The molecule has 0 radical (unpaired) electrons. The predicted octanol–water partition coefficient (Wildman–Crippen LogP) is 4.15. The van der Waals surface area contributed by atoms with Crippen molar-refractivity contribution in [1.29, 1.82) is 0 Å². The molecule has 3 atom stereocenters. The molecule has 3 aromatic heterocycles. The van der Waals surface area contributed by atoms with E-state index in [0.717, 1.165) is 53.9 Å². The number of aromatic amines is 1. The topological polar surface area (TPSA) is 108 Å². The average Bonchev–Trinajstić information content (AvgIpc) is 3.25. The summed E-state index contributed by atoms with van der Waals surface area (Å²) in [4.78, 5) is 24.2. The van der Waals surface area contributed by atoms with Gasteiger partial charge in [0.2, 0.25) is 0 Å². The number of pyridine rings is 2. The first-order valence-corrected chi connectivity index (χ1v) is 12.0. The van der Waals surface area contributed by atoms with E-state index in [4.69, 9.17) is 9.72 Å². The molecule has 34 heavy (non-hydrogen) atoms. The maximum Gasteiger partial charge on any atom is 0.320 e. The van der Waals surface area contributed by atoms with Crippen molar-refractivity contribution in [2.45, 2.75) is 77.1 Å². The third-order valence-corrected chi connectivity index (χ3v) is 6.52. The number of nitrogens with zero attached hydrogens (tertiary/aromatic N) is 4. The van der Waals surface area contributed by atoms with Gasteiger partial charge in [-0.1, -0.05) is 0 Å². The molecule has 9 heteroatoms. The van der Waals surface area contributed by atoms with Crippen molar-refractivity contribution in [2.75, 3.05) is 17.2 Å². The van der Waals surface area contributed by atoms with E-state index in [2.05, 4.69) is 30.7 Å². The van der Waals surface area contributed by atoms with Crippen LogP contribution in [-0.2, 0) is 9.53 Å². The van der Waals surface area contributed by atoms with Crippen molar-refractivity contribution >= 4 is 34.3 Å². The second kappa shape index (κ2) is 8.87. The summed E-state index contributed by atoms with van der Waals surface area (Å²) in [6, 6.07) is 8.90. The number of nitrogens with one attached hydrogen (secondary N) is 3. The number of aromatic nitrogens is 4. The first kappa shape index (κ1) is 22.6. The fourth-order valence-corrected chi connectivity index (χ4v) is 5.23. The molecular weight excluding hydrogens is 430 g/mol. The van der Waals surface area contributed by atoms with E-state index in [1.54, 1.807) is 6.20 Å². The first-order chi connectivity index (χ1) is 16.2. The number of esters is 1. The van der Waals surface area contributed by atoms with Crippen LogP contribution in [0.5, 0.6) is 0 Å². The summed E-state index contributed by atoms with van der Waals surface area (Å²) < 4.78 is 5.57. The van der Waals surface area contributed by atoms with E-state index >= 15 is 0 Å². The minimum absolute atomic E-state index is 0.137. The van der Waals surface area contributed by atoms with Gasteiger partial charge in [0.05, 0.1) is 12.1 Å². The molecule has 1 unspecified atom stereocenters. The van der Waals surface area contributed by atoms with Crippen molar-refractivity contribution in [2.24, 2.45) is 0 Å². The van der Waals surface area contributed by atoms with Crippen LogP contribution in [0.4, 0.5) is 17.5 Å². The summed E-state index contributed by atoms with van der Waals surface area (Å²) in [5, 5.41) is 15.2. The highest BCUT2D eigenvalue weighted by Gasteiger charge is 2.42. The van der Waals surface area contributed by atoms with E-state index in [1.165, 1.54) is 0 Å². The van der Waals surface area contributed by atoms with Gasteiger partial charge in [-0.3, -0.25) is 19.8 Å². The Bertz CT molecular complexity index is 1170. The summed E-state index contributed by atoms with van der Waals surface area (Å²) in [7, 11) is 0. The van der Waals surface area contributed by atoms with Gasteiger partial charge in [-0.05, 0) is 65.5 Å². The number of H-pyrrole nitrogens is 1. The molecule has 2 aliphatic rings. The van der Waals surface area contributed by atoms with Crippen molar-refractivity contribution < 1.29 is 9.53 Å². The fraction of sp³-hybridized carbons (Fsp3) is 0.520.